The minimum absolute atomic E-state index is 0.135. The molecule has 0 spiro atoms. The third kappa shape index (κ3) is 2.98. The summed E-state index contributed by atoms with van der Waals surface area (Å²) in [6, 6.07) is 6.25. The van der Waals surface area contributed by atoms with Crippen LogP contribution in [0.1, 0.15) is 44.4 Å². The Labute approximate surface area is 115 Å². The van der Waals surface area contributed by atoms with E-state index in [0.717, 1.165) is 19.5 Å². The van der Waals surface area contributed by atoms with Gasteiger partial charge in [0.15, 0.2) is 0 Å². The third-order valence-corrected chi connectivity index (χ3v) is 4.02. The van der Waals surface area contributed by atoms with Crippen molar-refractivity contribution in [2.24, 2.45) is 0 Å². The highest BCUT2D eigenvalue weighted by Crippen LogP contribution is 2.28. The van der Waals surface area contributed by atoms with Crippen molar-refractivity contribution in [3.63, 3.8) is 0 Å². The van der Waals surface area contributed by atoms with E-state index in [1.54, 1.807) is 6.92 Å². The first-order chi connectivity index (χ1) is 8.79. The number of hydrogen-bond acceptors (Lipinski definition) is 2. The van der Waals surface area contributed by atoms with Gasteiger partial charge in [-0.05, 0) is 35.4 Å². The molecule has 2 rings (SSSR count). The predicted octanol–water partition coefficient (Wildman–Crippen LogP) is 2.82. The summed E-state index contributed by atoms with van der Waals surface area (Å²) in [6.45, 7) is 9.95. The van der Waals surface area contributed by atoms with Crippen LogP contribution >= 0.6 is 0 Å². The van der Waals surface area contributed by atoms with Gasteiger partial charge in [0.1, 0.15) is 6.04 Å². The van der Waals surface area contributed by atoms with Crippen LogP contribution in [-0.2, 0) is 23.2 Å². The van der Waals surface area contributed by atoms with E-state index in [9.17, 15) is 4.79 Å². The first-order valence-corrected chi connectivity index (χ1v) is 6.88. The lowest BCUT2D eigenvalue weighted by molar-refractivity contribution is -0.143. The van der Waals surface area contributed by atoms with Gasteiger partial charge in [0.25, 0.3) is 0 Å². The number of carboxylic acid groups (broad SMARTS) is 1. The Balaban J connectivity index is 2.26. The van der Waals surface area contributed by atoms with E-state index in [1.165, 1.54) is 16.7 Å². The van der Waals surface area contributed by atoms with Crippen molar-refractivity contribution >= 4 is 5.97 Å². The maximum absolute atomic E-state index is 11.1. The summed E-state index contributed by atoms with van der Waals surface area (Å²) >= 11 is 0. The minimum atomic E-state index is -0.740. The summed E-state index contributed by atoms with van der Waals surface area (Å²) < 4.78 is 0. The number of nitrogens with zero attached hydrogens (tertiary/aromatic N) is 1. The van der Waals surface area contributed by atoms with Crippen molar-refractivity contribution < 1.29 is 9.90 Å². The molecule has 0 radical (unpaired) electrons. The number of benzene rings is 1. The molecule has 0 saturated heterocycles. The largest absolute Gasteiger partial charge is 0.480 e. The number of rotatable bonds is 2. The molecular formula is C16H23NO2. The molecule has 0 aliphatic carbocycles. The van der Waals surface area contributed by atoms with Crippen molar-refractivity contribution in [2.75, 3.05) is 6.54 Å². The second-order valence-electron chi connectivity index (χ2n) is 6.47. The number of hydrogen-bond donors (Lipinski definition) is 1. The average Bonchev–Trinajstić information content (AvgIpc) is 2.35. The van der Waals surface area contributed by atoms with Crippen molar-refractivity contribution in [3.8, 4) is 0 Å². The van der Waals surface area contributed by atoms with E-state index < -0.39 is 12.0 Å². The van der Waals surface area contributed by atoms with E-state index >= 15 is 0 Å². The number of carbonyl (C=O) groups is 1. The lowest BCUT2D eigenvalue weighted by Crippen LogP contribution is -2.42. The smallest absolute Gasteiger partial charge is 0.320 e. The van der Waals surface area contributed by atoms with Crippen LogP contribution in [-0.4, -0.2) is 28.6 Å². The lowest BCUT2D eigenvalue weighted by Gasteiger charge is -2.32. The molecule has 3 nitrogen and oxygen atoms in total. The zero-order valence-electron chi connectivity index (χ0n) is 12.2. The highest BCUT2D eigenvalue weighted by atomic mass is 16.4. The fourth-order valence-corrected chi connectivity index (χ4v) is 2.53. The predicted molar refractivity (Wildman–Crippen MR) is 76.4 cm³/mol. The van der Waals surface area contributed by atoms with Crippen LogP contribution in [0.15, 0.2) is 18.2 Å². The third-order valence-electron chi connectivity index (χ3n) is 4.02. The maximum Gasteiger partial charge on any atom is 0.320 e. The van der Waals surface area contributed by atoms with Gasteiger partial charge in [0.2, 0.25) is 0 Å². The summed E-state index contributed by atoms with van der Waals surface area (Å²) in [7, 11) is 0. The molecule has 1 heterocycles. The maximum atomic E-state index is 11.1. The normalized spacial score (nSPS) is 17.9. The first-order valence-electron chi connectivity index (χ1n) is 6.88. The molecule has 1 N–H and O–H groups in total. The molecular weight excluding hydrogens is 238 g/mol. The lowest BCUT2D eigenvalue weighted by atomic mass is 9.84. The molecule has 1 aliphatic heterocycles. The highest BCUT2D eigenvalue weighted by molar-refractivity contribution is 5.73. The number of aliphatic carboxylic acids is 1. The zero-order chi connectivity index (χ0) is 14.2. The second-order valence-corrected chi connectivity index (χ2v) is 6.47. The van der Waals surface area contributed by atoms with E-state index in [0.29, 0.717) is 0 Å². The number of fused-ring (bicyclic) bond motifs is 1. The summed E-state index contributed by atoms with van der Waals surface area (Å²) in [5, 5.41) is 9.12. The fourth-order valence-electron chi connectivity index (χ4n) is 2.53. The summed E-state index contributed by atoms with van der Waals surface area (Å²) in [5.41, 5.74) is 4.10. The second kappa shape index (κ2) is 4.97. The van der Waals surface area contributed by atoms with Gasteiger partial charge in [-0.2, -0.15) is 0 Å². The van der Waals surface area contributed by atoms with Crippen LogP contribution in [0.5, 0.6) is 0 Å². The van der Waals surface area contributed by atoms with Crippen molar-refractivity contribution in [2.45, 2.75) is 52.1 Å². The summed E-state index contributed by atoms with van der Waals surface area (Å²) in [4.78, 5) is 13.1. The molecule has 0 fully saturated rings. The van der Waals surface area contributed by atoms with Gasteiger partial charge >= 0.3 is 5.97 Å². The van der Waals surface area contributed by atoms with Gasteiger partial charge in [-0.25, -0.2) is 0 Å². The van der Waals surface area contributed by atoms with E-state index in [2.05, 4.69) is 39.0 Å². The van der Waals surface area contributed by atoms with Gasteiger partial charge in [0, 0.05) is 13.1 Å². The molecule has 1 aromatic carbocycles. The van der Waals surface area contributed by atoms with Gasteiger partial charge < -0.3 is 5.11 Å². The van der Waals surface area contributed by atoms with Crippen molar-refractivity contribution in [3.05, 3.63) is 34.9 Å². The Morgan fingerprint density at radius 1 is 1.32 bits per heavy atom. The molecule has 0 saturated carbocycles. The SMILES string of the molecule is CC(C(=O)O)N1CCc2ccc(C(C)(C)C)cc2C1. The molecule has 3 heteroatoms. The fraction of sp³-hybridized carbons (Fsp3) is 0.562. The Bertz CT molecular complexity index is 488. The van der Waals surface area contributed by atoms with E-state index in [4.69, 9.17) is 5.11 Å². The van der Waals surface area contributed by atoms with Gasteiger partial charge in [-0.15, -0.1) is 0 Å². The standard InChI is InChI=1S/C16H23NO2/c1-11(15(18)19)17-8-7-12-5-6-14(16(2,3)4)9-13(12)10-17/h5-6,9,11H,7-8,10H2,1-4H3,(H,18,19). The monoisotopic (exact) mass is 261 g/mol. The average molecular weight is 261 g/mol. The van der Waals surface area contributed by atoms with E-state index in [1.807, 2.05) is 4.90 Å². The van der Waals surface area contributed by atoms with Gasteiger partial charge in [-0.3, -0.25) is 9.69 Å². The van der Waals surface area contributed by atoms with Crippen LogP contribution in [0.2, 0.25) is 0 Å². The van der Waals surface area contributed by atoms with Gasteiger partial charge in [-0.1, -0.05) is 39.0 Å². The van der Waals surface area contributed by atoms with Crippen LogP contribution < -0.4 is 0 Å². The molecule has 1 unspecified atom stereocenters. The Kier molecular flexibility index (Phi) is 3.68. The van der Waals surface area contributed by atoms with Crippen LogP contribution in [0.3, 0.4) is 0 Å². The van der Waals surface area contributed by atoms with Crippen molar-refractivity contribution in [1.82, 2.24) is 4.90 Å². The molecule has 0 bridgehead atoms. The first kappa shape index (κ1) is 14.1. The zero-order valence-corrected chi connectivity index (χ0v) is 12.2. The van der Waals surface area contributed by atoms with E-state index in [-0.39, 0.29) is 5.41 Å². The molecule has 1 aromatic rings. The molecule has 1 aliphatic rings. The molecule has 19 heavy (non-hydrogen) atoms. The topological polar surface area (TPSA) is 40.5 Å². The van der Waals surface area contributed by atoms with Crippen molar-refractivity contribution in [1.29, 1.82) is 0 Å². The van der Waals surface area contributed by atoms with Crippen LogP contribution in [0, 0.1) is 0 Å². The van der Waals surface area contributed by atoms with Crippen LogP contribution in [0.25, 0.3) is 0 Å². The Hall–Kier alpha value is -1.35. The van der Waals surface area contributed by atoms with Gasteiger partial charge in [0.05, 0.1) is 0 Å². The minimum Gasteiger partial charge on any atom is -0.480 e. The molecule has 0 aromatic heterocycles. The molecule has 104 valence electrons. The number of carboxylic acids is 1. The molecule has 1 atom stereocenters. The molecule has 0 amide bonds. The Morgan fingerprint density at radius 2 is 2.00 bits per heavy atom. The highest BCUT2D eigenvalue weighted by Gasteiger charge is 2.25. The summed E-state index contributed by atoms with van der Waals surface area (Å²) in [5.74, 6) is -0.740. The Morgan fingerprint density at radius 3 is 2.58 bits per heavy atom. The van der Waals surface area contributed by atoms with Crippen LogP contribution in [0.4, 0.5) is 0 Å². The quantitative estimate of drug-likeness (QED) is 0.890. The summed E-state index contributed by atoms with van der Waals surface area (Å²) in [6.07, 6.45) is 0.942.